The number of carbonyl (C=O) groups excluding carboxylic acids is 1. The molecule has 1 amide bonds. The van der Waals surface area contributed by atoms with Gasteiger partial charge in [-0.05, 0) is 48.6 Å². The molecule has 0 aliphatic carbocycles. The van der Waals surface area contributed by atoms with E-state index in [0.717, 1.165) is 48.2 Å². The maximum absolute atomic E-state index is 12.7. The number of furan rings is 1. The number of amides is 1. The molecule has 5 nitrogen and oxygen atoms in total. The second-order valence-corrected chi connectivity index (χ2v) is 7.05. The molecule has 1 aromatic heterocycles. The Labute approximate surface area is 158 Å². The zero-order valence-electron chi connectivity index (χ0n) is 15.4. The van der Waals surface area contributed by atoms with Crippen molar-refractivity contribution < 1.29 is 19.1 Å². The number of fused-ring (bicyclic) bond motifs is 1. The van der Waals surface area contributed by atoms with Gasteiger partial charge in [0.25, 0.3) is 0 Å². The van der Waals surface area contributed by atoms with Gasteiger partial charge in [-0.3, -0.25) is 4.79 Å². The van der Waals surface area contributed by atoms with Crippen molar-refractivity contribution >= 4 is 16.9 Å². The van der Waals surface area contributed by atoms with E-state index >= 15 is 0 Å². The minimum atomic E-state index is 0.137. The van der Waals surface area contributed by atoms with Gasteiger partial charge >= 0.3 is 0 Å². The number of carbonyl (C=O) groups is 1. The molecule has 27 heavy (non-hydrogen) atoms. The molecule has 0 radical (unpaired) electrons. The number of piperidine rings is 1. The number of phenols is 1. The summed E-state index contributed by atoms with van der Waals surface area (Å²) in [5.74, 6) is 1.61. The molecule has 1 saturated heterocycles. The lowest BCUT2D eigenvalue weighted by Gasteiger charge is -2.32. The number of hydrogen-bond donors (Lipinski definition) is 1. The molecule has 1 aliphatic rings. The molecule has 0 saturated carbocycles. The molecule has 4 rings (SSSR count). The van der Waals surface area contributed by atoms with Crippen molar-refractivity contribution in [2.45, 2.75) is 25.2 Å². The van der Waals surface area contributed by atoms with Crippen LogP contribution in [0, 0.1) is 0 Å². The van der Waals surface area contributed by atoms with E-state index < -0.39 is 0 Å². The fraction of sp³-hybridized carbons (Fsp3) is 0.318. The van der Waals surface area contributed by atoms with Crippen molar-refractivity contribution in [2.75, 3.05) is 20.2 Å². The monoisotopic (exact) mass is 365 g/mol. The van der Waals surface area contributed by atoms with Crippen molar-refractivity contribution in [3.05, 3.63) is 59.9 Å². The number of methoxy groups -OCH3 is 1. The molecule has 0 unspecified atom stereocenters. The van der Waals surface area contributed by atoms with E-state index in [4.69, 9.17) is 9.15 Å². The first-order valence-corrected chi connectivity index (χ1v) is 9.25. The summed E-state index contributed by atoms with van der Waals surface area (Å²) in [5.41, 5.74) is 2.89. The van der Waals surface area contributed by atoms with E-state index in [2.05, 4.69) is 0 Å². The lowest BCUT2D eigenvalue weighted by atomic mass is 9.89. The molecule has 2 aromatic carbocycles. The van der Waals surface area contributed by atoms with E-state index in [9.17, 15) is 9.90 Å². The lowest BCUT2D eigenvalue weighted by Crippen LogP contribution is -2.38. The van der Waals surface area contributed by atoms with Crippen LogP contribution in [0.3, 0.4) is 0 Å². The Morgan fingerprint density at radius 3 is 2.63 bits per heavy atom. The van der Waals surface area contributed by atoms with Crippen molar-refractivity contribution in [1.29, 1.82) is 0 Å². The maximum atomic E-state index is 12.7. The maximum Gasteiger partial charge on any atom is 0.227 e. The van der Waals surface area contributed by atoms with Gasteiger partial charge in [0, 0.05) is 30.1 Å². The highest BCUT2D eigenvalue weighted by Crippen LogP contribution is 2.30. The Morgan fingerprint density at radius 1 is 1.19 bits per heavy atom. The molecule has 140 valence electrons. The van der Waals surface area contributed by atoms with Gasteiger partial charge in [0.2, 0.25) is 5.91 Å². The van der Waals surface area contributed by atoms with Gasteiger partial charge in [-0.1, -0.05) is 12.1 Å². The highest BCUT2D eigenvalue weighted by molar-refractivity contribution is 5.88. The molecule has 2 heterocycles. The van der Waals surface area contributed by atoms with E-state index in [0.29, 0.717) is 12.3 Å². The normalized spacial score (nSPS) is 15.2. The van der Waals surface area contributed by atoms with Gasteiger partial charge in [-0.15, -0.1) is 0 Å². The Morgan fingerprint density at radius 2 is 1.93 bits per heavy atom. The first-order chi connectivity index (χ1) is 13.1. The summed E-state index contributed by atoms with van der Waals surface area (Å²) in [6.07, 6.45) is 3.91. The fourth-order valence-corrected chi connectivity index (χ4v) is 3.81. The van der Waals surface area contributed by atoms with E-state index in [-0.39, 0.29) is 11.7 Å². The molecular weight excluding hydrogens is 342 g/mol. The summed E-state index contributed by atoms with van der Waals surface area (Å²) in [4.78, 5) is 14.7. The average molecular weight is 365 g/mol. The number of likely N-dealkylation sites (tertiary alicyclic amines) is 1. The third-order valence-corrected chi connectivity index (χ3v) is 5.42. The summed E-state index contributed by atoms with van der Waals surface area (Å²) in [7, 11) is 1.62. The Balaban J connectivity index is 1.39. The zero-order valence-corrected chi connectivity index (χ0v) is 15.4. The molecule has 0 bridgehead atoms. The van der Waals surface area contributed by atoms with Crippen LogP contribution in [0.1, 0.15) is 29.9 Å². The molecular formula is C22H23NO4. The van der Waals surface area contributed by atoms with Gasteiger partial charge in [0.05, 0.1) is 19.8 Å². The van der Waals surface area contributed by atoms with Crippen LogP contribution in [-0.2, 0) is 11.2 Å². The number of nitrogens with zero attached hydrogens (tertiary/aromatic N) is 1. The van der Waals surface area contributed by atoms with Gasteiger partial charge < -0.3 is 19.2 Å². The van der Waals surface area contributed by atoms with Gasteiger partial charge in [-0.2, -0.15) is 0 Å². The van der Waals surface area contributed by atoms with E-state index in [1.807, 2.05) is 35.2 Å². The van der Waals surface area contributed by atoms with Crippen molar-refractivity contribution in [3.63, 3.8) is 0 Å². The first kappa shape index (κ1) is 17.5. The highest BCUT2D eigenvalue weighted by Gasteiger charge is 2.24. The lowest BCUT2D eigenvalue weighted by molar-refractivity contribution is -0.131. The van der Waals surface area contributed by atoms with Crippen molar-refractivity contribution in [1.82, 2.24) is 4.90 Å². The number of rotatable bonds is 4. The topological polar surface area (TPSA) is 62.9 Å². The molecule has 0 spiro atoms. The SMILES string of the molecule is COc1ccc2c(CC(=O)N3CCC(c4ccc(O)cc4)CC3)coc2c1. The summed E-state index contributed by atoms with van der Waals surface area (Å²) in [6.45, 7) is 1.52. The minimum Gasteiger partial charge on any atom is -0.508 e. The molecule has 1 fully saturated rings. The first-order valence-electron chi connectivity index (χ1n) is 9.25. The summed E-state index contributed by atoms with van der Waals surface area (Å²) in [6, 6.07) is 13.1. The van der Waals surface area contributed by atoms with Gasteiger partial charge in [-0.25, -0.2) is 0 Å². The molecule has 1 N–H and O–H groups in total. The molecule has 1 aliphatic heterocycles. The number of ether oxygens (including phenoxy) is 1. The van der Waals surface area contributed by atoms with Crippen LogP contribution in [0.5, 0.6) is 11.5 Å². The third-order valence-electron chi connectivity index (χ3n) is 5.42. The van der Waals surface area contributed by atoms with Crippen LogP contribution < -0.4 is 4.74 Å². The predicted octanol–water partition coefficient (Wildman–Crippen LogP) is 4.10. The molecule has 5 heteroatoms. The van der Waals surface area contributed by atoms with Crippen LogP contribution in [0.25, 0.3) is 11.0 Å². The van der Waals surface area contributed by atoms with Gasteiger partial charge in [0.1, 0.15) is 17.1 Å². The summed E-state index contributed by atoms with van der Waals surface area (Å²) in [5, 5.41) is 10.4. The molecule has 3 aromatic rings. The van der Waals surface area contributed by atoms with Gasteiger partial charge in [0.15, 0.2) is 0 Å². The standard InChI is InChI=1S/C22H23NO4/c1-26-19-6-7-20-17(14-27-21(20)13-19)12-22(25)23-10-8-16(9-11-23)15-2-4-18(24)5-3-15/h2-7,13-14,16,24H,8-12H2,1H3. The fourth-order valence-electron chi connectivity index (χ4n) is 3.81. The Hall–Kier alpha value is -2.95. The van der Waals surface area contributed by atoms with Crippen molar-refractivity contribution in [2.24, 2.45) is 0 Å². The zero-order chi connectivity index (χ0) is 18.8. The third kappa shape index (κ3) is 3.63. The number of hydrogen-bond acceptors (Lipinski definition) is 4. The average Bonchev–Trinajstić information content (AvgIpc) is 3.10. The van der Waals surface area contributed by atoms with Crippen LogP contribution in [0.2, 0.25) is 0 Å². The predicted molar refractivity (Wildman–Crippen MR) is 103 cm³/mol. The van der Waals surface area contributed by atoms with Crippen LogP contribution in [0.4, 0.5) is 0 Å². The smallest absolute Gasteiger partial charge is 0.227 e. The second-order valence-electron chi connectivity index (χ2n) is 7.05. The van der Waals surface area contributed by atoms with E-state index in [1.165, 1.54) is 5.56 Å². The van der Waals surface area contributed by atoms with Crippen LogP contribution in [-0.4, -0.2) is 36.1 Å². The number of benzene rings is 2. The molecule has 0 atom stereocenters. The van der Waals surface area contributed by atoms with E-state index in [1.54, 1.807) is 25.5 Å². The minimum absolute atomic E-state index is 0.137. The Bertz CT molecular complexity index is 937. The van der Waals surface area contributed by atoms with Crippen LogP contribution >= 0.6 is 0 Å². The summed E-state index contributed by atoms with van der Waals surface area (Å²) >= 11 is 0. The van der Waals surface area contributed by atoms with Crippen molar-refractivity contribution in [3.8, 4) is 11.5 Å². The largest absolute Gasteiger partial charge is 0.508 e. The second kappa shape index (κ2) is 7.35. The highest BCUT2D eigenvalue weighted by atomic mass is 16.5. The quantitative estimate of drug-likeness (QED) is 0.756. The number of aromatic hydroxyl groups is 1. The Kier molecular flexibility index (Phi) is 4.75. The van der Waals surface area contributed by atoms with Crippen LogP contribution in [0.15, 0.2) is 53.1 Å². The summed E-state index contributed by atoms with van der Waals surface area (Å²) < 4.78 is 10.8. The number of phenolic OH excluding ortho intramolecular Hbond substituents is 1.